The number of hydrogen-bond donors (Lipinski definition) is 1. The van der Waals surface area contributed by atoms with Crippen molar-refractivity contribution >= 4 is 5.91 Å². The molecule has 98 valence electrons. The molecule has 1 N–H and O–H groups in total. The second-order valence-electron chi connectivity index (χ2n) is 5.08. The van der Waals surface area contributed by atoms with Crippen LogP contribution in [-0.2, 0) is 9.53 Å². The Hall–Kier alpha value is -0.610. The Morgan fingerprint density at radius 1 is 1.41 bits per heavy atom. The second kappa shape index (κ2) is 6.36. The predicted molar refractivity (Wildman–Crippen MR) is 66.8 cm³/mol. The first kappa shape index (κ1) is 12.8. The van der Waals surface area contributed by atoms with Gasteiger partial charge in [0.25, 0.3) is 0 Å². The van der Waals surface area contributed by atoms with E-state index >= 15 is 0 Å². The molecule has 2 rings (SSSR count). The Labute approximate surface area is 104 Å². The molecule has 0 spiro atoms. The van der Waals surface area contributed by atoms with Crippen LogP contribution < -0.4 is 5.32 Å². The van der Waals surface area contributed by atoms with E-state index in [9.17, 15) is 4.79 Å². The highest BCUT2D eigenvalue weighted by atomic mass is 16.5. The molecule has 4 heteroatoms. The van der Waals surface area contributed by atoms with E-state index in [0.29, 0.717) is 18.6 Å². The average Bonchev–Trinajstić information content (AvgIpc) is 2.90. The van der Waals surface area contributed by atoms with Gasteiger partial charge in [-0.3, -0.25) is 4.79 Å². The summed E-state index contributed by atoms with van der Waals surface area (Å²) in [6, 6.07) is 0.637. The number of nitrogens with zero attached hydrogens (tertiary/aromatic N) is 1. The molecule has 0 saturated carbocycles. The van der Waals surface area contributed by atoms with Gasteiger partial charge in [0.2, 0.25) is 5.91 Å². The Bertz CT molecular complexity index is 252. The lowest BCUT2D eigenvalue weighted by Gasteiger charge is -2.35. The highest BCUT2D eigenvalue weighted by molar-refractivity contribution is 5.77. The first-order chi connectivity index (χ1) is 8.31. The molecule has 2 fully saturated rings. The lowest BCUT2D eigenvalue weighted by Crippen LogP contribution is -2.46. The van der Waals surface area contributed by atoms with Crippen molar-refractivity contribution < 1.29 is 9.53 Å². The highest BCUT2D eigenvalue weighted by Gasteiger charge is 2.30. The minimum Gasteiger partial charge on any atom is -0.372 e. The number of amides is 1. The molecule has 0 bridgehead atoms. The van der Waals surface area contributed by atoms with Crippen LogP contribution in [0.1, 0.15) is 32.6 Å². The van der Waals surface area contributed by atoms with Crippen LogP contribution in [0.15, 0.2) is 0 Å². The third-order valence-corrected chi connectivity index (χ3v) is 3.91. The SMILES string of the molecule is CCOCC(=O)N1CCCC(C2CCCN2)C1. The van der Waals surface area contributed by atoms with Crippen molar-refractivity contribution in [1.29, 1.82) is 0 Å². The van der Waals surface area contributed by atoms with Gasteiger partial charge in [0.1, 0.15) is 6.61 Å². The molecule has 2 unspecified atom stereocenters. The average molecular weight is 240 g/mol. The fourth-order valence-electron chi connectivity index (χ4n) is 2.96. The van der Waals surface area contributed by atoms with Gasteiger partial charge in [-0.2, -0.15) is 0 Å². The zero-order chi connectivity index (χ0) is 12.1. The van der Waals surface area contributed by atoms with Gasteiger partial charge >= 0.3 is 0 Å². The third-order valence-electron chi connectivity index (χ3n) is 3.91. The molecule has 0 aliphatic carbocycles. The minimum atomic E-state index is 0.162. The normalized spacial score (nSPS) is 29.6. The topological polar surface area (TPSA) is 41.6 Å². The van der Waals surface area contributed by atoms with E-state index in [0.717, 1.165) is 26.1 Å². The fourth-order valence-corrected chi connectivity index (χ4v) is 2.96. The maximum absolute atomic E-state index is 11.9. The maximum atomic E-state index is 11.9. The van der Waals surface area contributed by atoms with Crippen molar-refractivity contribution in [3.05, 3.63) is 0 Å². The molecule has 2 aliphatic rings. The van der Waals surface area contributed by atoms with Gasteiger partial charge in [-0.25, -0.2) is 0 Å². The van der Waals surface area contributed by atoms with Gasteiger partial charge in [0, 0.05) is 25.7 Å². The summed E-state index contributed by atoms with van der Waals surface area (Å²) >= 11 is 0. The Balaban J connectivity index is 1.81. The number of ether oxygens (including phenoxy) is 1. The molecule has 2 heterocycles. The van der Waals surface area contributed by atoms with Gasteiger partial charge < -0.3 is 15.0 Å². The van der Waals surface area contributed by atoms with Gasteiger partial charge in [0.15, 0.2) is 0 Å². The van der Waals surface area contributed by atoms with Crippen molar-refractivity contribution in [2.75, 3.05) is 32.8 Å². The molecule has 17 heavy (non-hydrogen) atoms. The lowest BCUT2D eigenvalue weighted by atomic mass is 9.90. The summed E-state index contributed by atoms with van der Waals surface area (Å²) in [4.78, 5) is 13.9. The lowest BCUT2D eigenvalue weighted by molar-refractivity contribution is -0.138. The van der Waals surface area contributed by atoms with Crippen LogP contribution in [0.4, 0.5) is 0 Å². The third kappa shape index (κ3) is 3.42. The van der Waals surface area contributed by atoms with Crippen LogP contribution in [0.3, 0.4) is 0 Å². The molecule has 0 aromatic carbocycles. The molecule has 2 saturated heterocycles. The number of hydrogen-bond acceptors (Lipinski definition) is 3. The van der Waals surface area contributed by atoms with Crippen molar-refractivity contribution in [1.82, 2.24) is 10.2 Å². The van der Waals surface area contributed by atoms with E-state index in [4.69, 9.17) is 4.74 Å². The van der Waals surface area contributed by atoms with Crippen molar-refractivity contribution in [3.8, 4) is 0 Å². The number of carbonyl (C=O) groups is 1. The van der Waals surface area contributed by atoms with Gasteiger partial charge in [-0.15, -0.1) is 0 Å². The molecule has 2 aliphatic heterocycles. The summed E-state index contributed by atoms with van der Waals surface area (Å²) < 4.78 is 5.20. The highest BCUT2D eigenvalue weighted by Crippen LogP contribution is 2.24. The van der Waals surface area contributed by atoms with Crippen LogP contribution in [0.25, 0.3) is 0 Å². The maximum Gasteiger partial charge on any atom is 0.248 e. The number of carbonyl (C=O) groups excluding carboxylic acids is 1. The van der Waals surface area contributed by atoms with E-state index in [-0.39, 0.29) is 12.5 Å². The summed E-state index contributed by atoms with van der Waals surface area (Å²) in [5, 5.41) is 3.56. The number of piperidine rings is 1. The molecule has 0 aromatic heterocycles. The van der Waals surface area contributed by atoms with E-state index in [1.165, 1.54) is 19.3 Å². The largest absolute Gasteiger partial charge is 0.372 e. The van der Waals surface area contributed by atoms with Crippen LogP contribution in [0.5, 0.6) is 0 Å². The fraction of sp³-hybridized carbons (Fsp3) is 0.923. The Kier molecular flexibility index (Phi) is 4.80. The summed E-state index contributed by atoms with van der Waals surface area (Å²) in [5.74, 6) is 0.811. The smallest absolute Gasteiger partial charge is 0.248 e. The van der Waals surface area contributed by atoms with Gasteiger partial charge in [0.05, 0.1) is 0 Å². The molecule has 4 nitrogen and oxygen atoms in total. The molecular weight excluding hydrogens is 216 g/mol. The van der Waals surface area contributed by atoms with Gasteiger partial charge in [-0.1, -0.05) is 0 Å². The molecule has 0 radical (unpaired) electrons. The zero-order valence-corrected chi connectivity index (χ0v) is 10.8. The monoisotopic (exact) mass is 240 g/mol. The quantitative estimate of drug-likeness (QED) is 0.797. The van der Waals surface area contributed by atoms with E-state index in [1.807, 2.05) is 11.8 Å². The van der Waals surface area contributed by atoms with E-state index < -0.39 is 0 Å². The summed E-state index contributed by atoms with van der Waals surface area (Å²) in [7, 11) is 0. The minimum absolute atomic E-state index is 0.162. The zero-order valence-electron chi connectivity index (χ0n) is 10.8. The Morgan fingerprint density at radius 2 is 2.29 bits per heavy atom. The van der Waals surface area contributed by atoms with Crippen molar-refractivity contribution in [2.45, 2.75) is 38.6 Å². The van der Waals surface area contributed by atoms with Crippen LogP contribution in [0.2, 0.25) is 0 Å². The predicted octanol–water partition coefficient (Wildman–Crippen LogP) is 1.01. The first-order valence-corrected chi connectivity index (χ1v) is 6.90. The summed E-state index contributed by atoms with van der Waals surface area (Å²) in [6.07, 6.45) is 4.96. The van der Waals surface area contributed by atoms with Crippen molar-refractivity contribution in [3.63, 3.8) is 0 Å². The van der Waals surface area contributed by atoms with Crippen LogP contribution >= 0.6 is 0 Å². The summed E-state index contributed by atoms with van der Waals surface area (Å²) in [6.45, 7) is 5.77. The van der Waals surface area contributed by atoms with Gasteiger partial charge in [-0.05, 0) is 45.1 Å². The molecular formula is C13H24N2O2. The molecule has 1 amide bonds. The van der Waals surface area contributed by atoms with Crippen molar-refractivity contribution in [2.24, 2.45) is 5.92 Å². The molecule has 0 aromatic rings. The summed E-state index contributed by atoms with van der Waals surface area (Å²) in [5.41, 5.74) is 0. The number of likely N-dealkylation sites (tertiary alicyclic amines) is 1. The van der Waals surface area contributed by atoms with Crippen LogP contribution in [-0.4, -0.2) is 49.7 Å². The standard InChI is InChI=1S/C13H24N2O2/c1-2-17-10-13(16)15-8-4-5-11(9-15)12-6-3-7-14-12/h11-12,14H,2-10H2,1H3. The molecule has 2 atom stereocenters. The second-order valence-corrected chi connectivity index (χ2v) is 5.08. The van der Waals surface area contributed by atoms with E-state index in [2.05, 4.69) is 5.32 Å². The Morgan fingerprint density at radius 3 is 3.00 bits per heavy atom. The number of nitrogens with one attached hydrogen (secondary N) is 1. The first-order valence-electron chi connectivity index (χ1n) is 6.90. The van der Waals surface area contributed by atoms with Crippen LogP contribution in [0, 0.1) is 5.92 Å². The number of rotatable bonds is 4. The van der Waals surface area contributed by atoms with E-state index in [1.54, 1.807) is 0 Å².